The molecule has 0 saturated heterocycles. The van der Waals surface area contributed by atoms with Gasteiger partial charge in [-0.25, -0.2) is 0 Å². The van der Waals surface area contributed by atoms with Crippen molar-refractivity contribution in [3.63, 3.8) is 0 Å². The van der Waals surface area contributed by atoms with Gasteiger partial charge in [-0.3, -0.25) is 0 Å². The zero-order valence-electron chi connectivity index (χ0n) is 25.9. The summed E-state index contributed by atoms with van der Waals surface area (Å²) in [6.45, 7) is 15.0. The molecular formula is C41H40N2. The fraction of sp³-hybridized carbons (Fsp3) is 0.122. The molecule has 0 aromatic heterocycles. The van der Waals surface area contributed by atoms with Gasteiger partial charge in [0.15, 0.2) is 0 Å². The summed E-state index contributed by atoms with van der Waals surface area (Å²) in [6, 6.07) is 41.4. The first kappa shape index (κ1) is 29.4. The first-order chi connectivity index (χ1) is 20.9. The van der Waals surface area contributed by atoms with E-state index in [4.69, 9.17) is 0 Å². The van der Waals surface area contributed by atoms with Crippen molar-refractivity contribution in [3.05, 3.63) is 174 Å². The average Bonchev–Trinajstić information content (AvgIpc) is 3.01. The molecule has 0 aliphatic rings. The summed E-state index contributed by atoms with van der Waals surface area (Å²) in [5, 5.41) is 0. The second kappa shape index (κ2) is 13.3. The smallest absolute Gasteiger partial charge is 0.0490 e. The lowest BCUT2D eigenvalue weighted by atomic mass is 10.0. The van der Waals surface area contributed by atoms with Crippen molar-refractivity contribution in [1.29, 1.82) is 0 Å². The van der Waals surface area contributed by atoms with E-state index in [0.29, 0.717) is 0 Å². The summed E-state index contributed by atoms with van der Waals surface area (Å²) < 4.78 is 0. The number of anilines is 5. The van der Waals surface area contributed by atoms with Crippen LogP contribution in [0, 0.1) is 27.7 Å². The van der Waals surface area contributed by atoms with Gasteiger partial charge in [-0.1, -0.05) is 103 Å². The summed E-state index contributed by atoms with van der Waals surface area (Å²) in [7, 11) is 0. The zero-order valence-corrected chi connectivity index (χ0v) is 25.9. The minimum absolute atomic E-state index is 0.912. The molecule has 0 aliphatic heterocycles. The van der Waals surface area contributed by atoms with Gasteiger partial charge >= 0.3 is 0 Å². The molecule has 0 aliphatic carbocycles. The van der Waals surface area contributed by atoms with Crippen LogP contribution >= 0.6 is 0 Å². The fourth-order valence-electron chi connectivity index (χ4n) is 5.53. The predicted molar refractivity (Wildman–Crippen MR) is 187 cm³/mol. The number of hydrogen-bond donors (Lipinski definition) is 0. The minimum atomic E-state index is 0.912. The summed E-state index contributed by atoms with van der Waals surface area (Å²) >= 11 is 0. The first-order valence-corrected chi connectivity index (χ1v) is 14.8. The molecule has 0 saturated carbocycles. The molecule has 43 heavy (non-hydrogen) atoms. The van der Waals surface area contributed by atoms with Gasteiger partial charge in [0, 0.05) is 34.1 Å². The third-order valence-corrected chi connectivity index (χ3v) is 7.66. The van der Waals surface area contributed by atoms with Crippen LogP contribution in [0.4, 0.5) is 28.4 Å². The number of nitrogens with zero attached hydrogens (tertiary/aromatic N) is 2. The van der Waals surface area contributed by atoms with Crippen LogP contribution in [0.25, 0.3) is 11.1 Å². The Hall–Kier alpha value is -5.08. The van der Waals surface area contributed by atoms with Crippen molar-refractivity contribution in [2.24, 2.45) is 0 Å². The van der Waals surface area contributed by atoms with E-state index in [1.165, 1.54) is 39.1 Å². The Labute approximate surface area is 257 Å². The van der Waals surface area contributed by atoms with Gasteiger partial charge in [0.1, 0.15) is 0 Å². The normalized spacial score (nSPS) is 11.3. The van der Waals surface area contributed by atoms with Crippen LogP contribution in [0.15, 0.2) is 152 Å². The van der Waals surface area contributed by atoms with Crippen molar-refractivity contribution in [2.45, 2.75) is 34.6 Å². The maximum Gasteiger partial charge on any atom is 0.0490 e. The molecule has 0 radical (unpaired) electrons. The maximum atomic E-state index is 4.41. The number of para-hydroxylation sites is 1. The highest BCUT2D eigenvalue weighted by Crippen LogP contribution is 2.38. The highest BCUT2D eigenvalue weighted by molar-refractivity contribution is 5.80. The van der Waals surface area contributed by atoms with E-state index in [1.807, 2.05) is 25.2 Å². The molecule has 0 N–H and O–H groups in total. The van der Waals surface area contributed by atoms with Crippen LogP contribution in [0.3, 0.4) is 0 Å². The van der Waals surface area contributed by atoms with Gasteiger partial charge in [-0.2, -0.15) is 0 Å². The Morgan fingerprint density at radius 1 is 0.558 bits per heavy atom. The molecule has 214 valence electrons. The zero-order chi connectivity index (χ0) is 30.3. The molecule has 0 bridgehead atoms. The van der Waals surface area contributed by atoms with E-state index in [1.54, 1.807) is 0 Å². The van der Waals surface area contributed by atoms with Crippen molar-refractivity contribution in [2.75, 3.05) is 9.80 Å². The van der Waals surface area contributed by atoms with E-state index in [9.17, 15) is 0 Å². The van der Waals surface area contributed by atoms with Crippen LogP contribution in [-0.2, 0) is 0 Å². The lowest BCUT2D eigenvalue weighted by molar-refractivity contribution is 1.19. The second-order valence-corrected chi connectivity index (χ2v) is 11.1. The van der Waals surface area contributed by atoms with Crippen LogP contribution in [0.2, 0.25) is 0 Å². The number of aryl methyl sites for hydroxylation is 4. The standard InChI is InChI=1S/C41H40N2/c1-7-8-10-13-34(6)42(40-26-16-30(2)28-32(40)4)38-22-18-35(19-23-38)36-20-24-39(25-21-36)43(37-14-11-9-12-15-37)41-27-17-31(3)29-33(41)5/h7-29H,6H2,1-5H3/b8-7-,13-10-. The molecule has 0 heterocycles. The van der Waals surface area contributed by atoms with Crippen LogP contribution in [0.5, 0.6) is 0 Å². The number of hydrogen-bond acceptors (Lipinski definition) is 2. The molecule has 2 heteroatoms. The van der Waals surface area contributed by atoms with Gasteiger partial charge < -0.3 is 9.80 Å². The number of allylic oxidation sites excluding steroid dienone is 4. The third kappa shape index (κ3) is 6.71. The SMILES string of the molecule is C=C(/C=C\C=C/C)N(c1ccc(-c2ccc(N(c3ccccc3)c3ccc(C)cc3C)cc2)cc1)c1ccc(C)cc1C. The molecule has 5 rings (SSSR count). The second-order valence-electron chi connectivity index (χ2n) is 11.1. The Bertz CT molecular complexity index is 1760. The highest BCUT2D eigenvalue weighted by Gasteiger charge is 2.16. The lowest BCUT2D eigenvalue weighted by Crippen LogP contribution is -2.15. The lowest BCUT2D eigenvalue weighted by Gasteiger charge is -2.28. The minimum Gasteiger partial charge on any atom is -0.311 e. The van der Waals surface area contributed by atoms with Crippen molar-refractivity contribution in [3.8, 4) is 11.1 Å². The third-order valence-electron chi connectivity index (χ3n) is 7.66. The summed E-state index contributed by atoms with van der Waals surface area (Å²) in [5.74, 6) is 0. The Kier molecular flexibility index (Phi) is 9.08. The largest absolute Gasteiger partial charge is 0.311 e. The maximum absolute atomic E-state index is 4.41. The topological polar surface area (TPSA) is 6.48 Å². The Balaban J connectivity index is 1.47. The van der Waals surface area contributed by atoms with Gasteiger partial charge in [-0.15, -0.1) is 0 Å². The molecule has 0 unspecified atom stereocenters. The molecule has 2 nitrogen and oxygen atoms in total. The summed E-state index contributed by atoms with van der Waals surface area (Å²) in [4.78, 5) is 4.56. The predicted octanol–water partition coefficient (Wildman–Crippen LogP) is 11.8. The van der Waals surface area contributed by atoms with Crippen molar-refractivity contribution < 1.29 is 0 Å². The van der Waals surface area contributed by atoms with Gasteiger partial charge in [-0.05, 0) is 111 Å². The number of rotatable bonds is 9. The molecule has 5 aromatic carbocycles. The molecule has 5 aromatic rings. The van der Waals surface area contributed by atoms with E-state index in [0.717, 1.165) is 28.4 Å². The summed E-state index contributed by atoms with van der Waals surface area (Å²) in [5.41, 5.74) is 13.9. The van der Waals surface area contributed by atoms with E-state index >= 15 is 0 Å². The average molecular weight is 561 g/mol. The van der Waals surface area contributed by atoms with Crippen LogP contribution in [0.1, 0.15) is 29.2 Å². The van der Waals surface area contributed by atoms with E-state index in [-0.39, 0.29) is 0 Å². The fourth-order valence-corrected chi connectivity index (χ4v) is 5.53. The Morgan fingerprint density at radius 3 is 1.60 bits per heavy atom. The first-order valence-electron chi connectivity index (χ1n) is 14.8. The summed E-state index contributed by atoms with van der Waals surface area (Å²) in [6.07, 6.45) is 8.13. The van der Waals surface area contributed by atoms with Crippen LogP contribution < -0.4 is 9.80 Å². The van der Waals surface area contributed by atoms with Gasteiger partial charge in [0.2, 0.25) is 0 Å². The molecule has 0 spiro atoms. The molecule has 0 amide bonds. The Morgan fingerprint density at radius 2 is 1.07 bits per heavy atom. The van der Waals surface area contributed by atoms with Crippen molar-refractivity contribution in [1.82, 2.24) is 0 Å². The molecule has 0 atom stereocenters. The van der Waals surface area contributed by atoms with Crippen LogP contribution in [-0.4, -0.2) is 0 Å². The van der Waals surface area contributed by atoms with E-state index < -0.39 is 0 Å². The molecule has 0 fully saturated rings. The quantitative estimate of drug-likeness (QED) is 0.165. The van der Waals surface area contributed by atoms with Gasteiger partial charge in [0.05, 0.1) is 0 Å². The van der Waals surface area contributed by atoms with Crippen molar-refractivity contribution >= 4 is 28.4 Å². The number of benzene rings is 5. The van der Waals surface area contributed by atoms with E-state index in [2.05, 4.69) is 165 Å². The highest BCUT2D eigenvalue weighted by atomic mass is 15.1. The van der Waals surface area contributed by atoms with Gasteiger partial charge in [0.25, 0.3) is 0 Å². The molecular weight excluding hydrogens is 520 g/mol. The monoisotopic (exact) mass is 560 g/mol.